The number of ether oxygens (including phenoxy) is 2. The minimum atomic E-state index is -4.42. The molecule has 0 rings (SSSR count). The molecule has 0 radical (unpaired) electrons. The van der Waals surface area contributed by atoms with Crippen molar-refractivity contribution in [2.75, 3.05) is 47.5 Å². The van der Waals surface area contributed by atoms with Crippen molar-refractivity contribution in [3.8, 4) is 0 Å². The van der Waals surface area contributed by atoms with Crippen molar-refractivity contribution in [1.29, 1.82) is 0 Å². The van der Waals surface area contributed by atoms with Crippen molar-refractivity contribution >= 4 is 19.8 Å². The summed E-state index contributed by atoms with van der Waals surface area (Å²) in [7, 11) is 1.42. The Labute approximate surface area is 551 Å². The maximum absolute atomic E-state index is 12.9. The van der Waals surface area contributed by atoms with Gasteiger partial charge in [0.15, 0.2) is 6.10 Å². The second-order valence-electron chi connectivity index (χ2n) is 23.4. The molecule has 0 aromatic rings. The Morgan fingerprint density at radius 1 is 0.344 bits per heavy atom. The first-order chi connectivity index (χ1) is 44.0. The maximum Gasteiger partial charge on any atom is 0.472 e. The van der Waals surface area contributed by atoms with Crippen LogP contribution in [0.5, 0.6) is 0 Å². The van der Waals surface area contributed by atoms with E-state index < -0.39 is 26.5 Å². The number of nitrogens with zero attached hydrogens (tertiary/aromatic N) is 1. The van der Waals surface area contributed by atoms with E-state index in [4.69, 9.17) is 18.5 Å². The lowest BCUT2D eigenvalue weighted by molar-refractivity contribution is -0.870. The monoisotopic (exact) mass is 1260 g/mol. The Morgan fingerprint density at radius 3 is 0.889 bits per heavy atom. The molecule has 0 aromatic carbocycles. The van der Waals surface area contributed by atoms with E-state index in [2.05, 4.69) is 220 Å². The number of carbonyl (C=O) groups is 2. The summed E-state index contributed by atoms with van der Waals surface area (Å²) < 4.78 is 34.7. The first kappa shape index (κ1) is 84.6. The third kappa shape index (κ3) is 71.7. The Balaban J connectivity index is 4.23. The minimum absolute atomic E-state index is 0.0132. The molecule has 0 fully saturated rings. The molecule has 90 heavy (non-hydrogen) atoms. The second-order valence-corrected chi connectivity index (χ2v) is 24.9. The van der Waals surface area contributed by atoms with Gasteiger partial charge in [-0.2, -0.15) is 0 Å². The summed E-state index contributed by atoms with van der Waals surface area (Å²) in [5, 5.41) is 0. The van der Waals surface area contributed by atoms with Crippen LogP contribution in [0.15, 0.2) is 207 Å². The number of allylic oxidation sites excluding steroid dienone is 34. The van der Waals surface area contributed by atoms with E-state index in [1.54, 1.807) is 0 Å². The molecule has 0 aliphatic heterocycles. The fourth-order valence-electron chi connectivity index (χ4n) is 8.55. The first-order valence-corrected chi connectivity index (χ1v) is 36.3. The number of phosphoric acid groups is 1. The van der Waals surface area contributed by atoms with Gasteiger partial charge in [-0.1, -0.05) is 278 Å². The zero-order valence-electron chi connectivity index (χ0n) is 57.3. The molecule has 0 amide bonds. The van der Waals surface area contributed by atoms with E-state index in [0.717, 1.165) is 161 Å². The largest absolute Gasteiger partial charge is 0.472 e. The van der Waals surface area contributed by atoms with Gasteiger partial charge in [0.05, 0.1) is 27.7 Å². The van der Waals surface area contributed by atoms with Gasteiger partial charge in [0.2, 0.25) is 0 Å². The third-order valence-corrected chi connectivity index (χ3v) is 14.8. The zero-order valence-corrected chi connectivity index (χ0v) is 58.2. The lowest BCUT2D eigenvalue weighted by atomic mass is 10.1. The van der Waals surface area contributed by atoms with Crippen LogP contribution >= 0.6 is 7.82 Å². The van der Waals surface area contributed by atoms with Gasteiger partial charge in [0, 0.05) is 12.8 Å². The molecular weight excluding hydrogens is 1130 g/mol. The molecule has 0 bridgehead atoms. The summed E-state index contributed by atoms with van der Waals surface area (Å²) in [4.78, 5) is 35.9. The Bertz CT molecular complexity index is 2270. The summed E-state index contributed by atoms with van der Waals surface area (Å²) in [6.07, 6.45) is 108. The molecule has 0 aliphatic carbocycles. The van der Waals surface area contributed by atoms with Gasteiger partial charge >= 0.3 is 19.8 Å². The summed E-state index contributed by atoms with van der Waals surface area (Å²) >= 11 is 0. The van der Waals surface area contributed by atoms with Crippen LogP contribution in [0.2, 0.25) is 0 Å². The normalized spacial score (nSPS) is 14.4. The highest BCUT2D eigenvalue weighted by molar-refractivity contribution is 7.47. The third-order valence-electron chi connectivity index (χ3n) is 13.8. The quantitative estimate of drug-likeness (QED) is 0.0211. The highest BCUT2D eigenvalue weighted by Crippen LogP contribution is 2.43. The molecule has 504 valence electrons. The molecule has 0 saturated heterocycles. The van der Waals surface area contributed by atoms with Crippen LogP contribution in [0.1, 0.15) is 232 Å². The summed E-state index contributed by atoms with van der Waals surface area (Å²) in [6, 6.07) is 0. The number of hydrogen-bond donors (Lipinski definition) is 1. The van der Waals surface area contributed by atoms with Gasteiger partial charge in [-0.25, -0.2) is 4.57 Å². The van der Waals surface area contributed by atoms with Gasteiger partial charge in [-0.15, -0.1) is 0 Å². The molecule has 0 aliphatic rings. The van der Waals surface area contributed by atoms with Gasteiger partial charge in [-0.3, -0.25) is 18.6 Å². The maximum atomic E-state index is 12.9. The fourth-order valence-corrected chi connectivity index (χ4v) is 9.29. The molecule has 0 spiro atoms. The second kappa shape index (κ2) is 68.0. The van der Waals surface area contributed by atoms with Crippen LogP contribution in [0, 0.1) is 0 Å². The average molecular weight is 1260 g/mol. The predicted octanol–water partition coefficient (Wildman–Crippen LogP) is 23.0. The standard InChI is InChI=1S/C80H126NO8P/c1-6-8-10-12-14-16-18-20-22-24-26-28-30-32-34-36-38-39-40-41-43-45-47-49-51-53-55-57-59-61-63-65-67-69-71-73-80(83)89-78(77-88-90(84,85)87-75-74-81(3,4)5)76-86-79(82)72-70-68-66-64-62-60-58-56-54-52-50-48-46-44-42-37-35-33-31-29-27-25-23-21-19-17-15-13-11-9-7-2/h8-11,14-17,20-23,26-29,32-35,38-39,41-44,47-50,53,55,59,61,78H,6-7,12-13,18-19,24-25,30-31,36-37,40,45-46,51-52,54,56-58,60,62-77H2,1-5H3/p+1/b10-8-,11-9-,16-14-,17-15-,22-20-,23-21-,28-26-,29-27-,34-32-,35-33-,39-38-,43-41-,44-42-,49-47-,50-48-,55-53-,61-59-. The number of hydrogen-bond acceptors (Lipinski definition) is 7. The van der Waals surface area contributed by atoms with E-state index in [1.807, 2.05) is 21.1 Å². The van der Waals surface area contributed by atoms with E-state index in [9.17, 15) is 19.0 Å². The van der Waals surface area contributed by atoms with Gasteiger partial charge in [0.25, 0.3) is 0 Å². The van der Waals surface area contributed by atoms with Crippen LogP contribution in [0.25, 0.3) is 0 Å². The molecule has 2 atom stereocenters. The van der Waals surface area contributed by atoms with Gasteiger partial charge in [-0.05, 0) is 148 Å². The SMILES string of the molecule is CC/C=C\C/C=C\C/C=C\C/C=C\C/C=C\C/C=C\C/C=C\C/C=C\C/C=C\C/C=C\CCCCCCC(=O)OC(COC(=O)CCCCCCCCCCC/C=C\C/C=C\C/C=C\C/C=C\C/C=C\C/C=C\C/C=C\CC)COP(=O)(O)OCC[N+](C)(C)C. The van der Waals surface area contributed by atoms with Crippen LogP contribution in [-0.2, 0) is 32.7 Å². The van der Waals surface area contributed by atoms with Crippen molar-refractivity contribution in [2.24, 2.45) is 0 Å². The Kier molecular flexibility index (Phi) is 63.9. The topological polar surface area (TPSA) is 108 Å². The molecule has 1 N–H and O–H groups in total. The van der Waals surface area contributed by atoms with Crippen molar-refractivity contribution in [3.05, 3.63) is 207 Å². The fraction of sp³-hybridized carbons (Fsp3) is 0.550. The average Bonchev–Trinajstić information content (AvgIpc) is 3.61. The lowest BCUT2D eigenvalue weighted by Crippen LogP contribution is -2.37. The van der Waals surface area contributed by atoms with E-state index in [-0.39, 0.29) is 32.0 Å². The Morgan fingerprint density at radius 2 is 0.600 bits per heavy atom. The van der Waals surface area contributed by atoms with Crippen molar-refractivity contribution < 1.29 is 42.1 Å². The van der Waals surface area contributed by atoms with Crippen LogP contribution in [-0.4, -0.2) is 74.9 Å². The smallest absolute Gasteiger partial charge is 0.462 e. The van der Waals surface area contributed by atoms with Crippen LogP contribution in [0.4, 0.5) is 0 Å². The number of phosphoric ester groups is 1. The van der Waals surface area contributed by atoms with Crippen molar-refractivity contribution in [2.45, 2.75) is 238 Å². The number of quaternary nitrogens is 1. The number of carbonyl (C=O) groups excluding carboxylic acids is 2. The van der Waals surface area contributed by atoms with E-state index >= 15 is 0 Å². The molecule has 0 saturated carbocycles. The summed E-state index contributed by atoms with van der Waals surface area (Å²) in [6.45, 7) is 4.14. The zero-order chi connectivity index (χ0) is 65.5. The number of unbranched alkanes of at least 4 members (excludes halogenated alkanes) is 13. The predicted molar refractivity (Wildman–Crippen MR) is 389 cm³/mol. The highest BCUT2D eigenvalue weighted by Gasteiger charge is 2.27. The van der Waals surface area contributed by atoms with Crippen LogP contribution < -0.4 is 0 Å². The summed E-state index contributed by atoms with van der Waals surface area (Å²) in [5.74, 6) is -0.850. The Hall–Kier alpha value is -5.41. The first-order valence-electron chi connectivity index (χ1n) is 34.8. The molecule has 9 nitrogen and oxygen atoms in total. The molecule has 2 unspecified atom stereocenters. The van der Waals surface area contributed by atoms with Crippen LogP contribution in [0.3, 0.4) is 0 Å². The van der Waals surface area contributed by atoms with E-state index in [1.165, 1.54) is 32.1 Å². The molecule has 0 aromatic heterocycles. The molecule has 0 heterocycles. The highest BCUT2D eigenvalue weighted by atomic mass is 31.2. The number of esters is 2. The van der Waals surface area contributed by atoms with Crippen molar-refractivity contribution in [1.82, 2.24) is 0 Å². The summed E-state index contributed by atoms with van der Waals surface area (Å²) in [5.41, 5.74) is 0. The molecular formula is C80H127NO8P+. The number of likely N-dealkylation sites (N-methyl/N-ethyl adjacent to an activating group) is 1. The lowest BCUT2D eigenvalue weighted by Gasteiger charge is -2.24. The van der Waals surface area contributed by atoms with Gasteiger partial charge < -0.3 is 18.9 Å². The van der Waals surface area contributed by atoms with Gasteiger partial charge in [0.1, 0.15) is 19.8 Å². The number of rotatable bonds is 61. The molecule has 10 heteroatoms. The minimum Gasteiger partial charge on any atom is -0.462 e. The van der Waals surface area contributed by atoms with E-state index in [0.29, 0.717) is 23.9 Å². The van der Waals surface area contributed by atoms with Crippen molar-refractivity contribution in [3.63, 3.8) is 0 Å².